The van der Waals surface area contributed by atoms with E-state index in [0.29, 0.717) is 32.4 Å². The highest BCUT2D eigenvalue weighted by atomic mass is 16.6. The SMILES string of the molecule is CCc1cc([N+](=O)[O-])c(OC)cc1N1CCC(=O)CC1. The molecule has 1 fully saturated rings. The van der Waals surface area contributed by atoms with Crippen LogP contribution in [-0.2, 0) is 11.2 Å². The Morgan fingerprint density at radius 1 is 1.35 bits per heavy atom. The van der Waals surface area contributed by atoms with Crippen molar-refractivity contribution in [3.63, 3.8) is 0 Å². The van der Waals surface area contributed by atoms with Gasteiger partial charge in [-0.2, -0.15) is 0 Å². The molecule has 1 aromatic rings. The predicted molar refractivity (Wildman–Crippen MR) is 75.5 cm³/mol. The van der Waals surface area contributed by atoms with Crippen LogP contribution in [0, 0.1) is 10.1 Å². The lowest BCUT2D eigenvalue weighted by atomic mass is 10.0. The lowest BCUT2D eigenvalue weighted by Crippen LogP contribution is -2.34. The van der Waals surface area contributed by atoms with Crippen LogP contribution >= 0.6 is 0 Å². The van der Waals surface area contributed by atoms with E-state index in [1.54, 1.807) is 12.1 Å². The van der Waals surface area contributed by atoms with Crippen LogP contribution in [0.25, 0.3) is 0 Å². The zero-order valence-corrected chi connectivity index (χ0v) is 11.7. The van der Waals surface area contributed by atoms with Crippen LogP contribution in [0.15, 0.2) is 12.1 Å². The smallest absolute Gasteiger partial charge is 0.311 e. The molecule has 1 heterocycles. The van der Waals surface area contributed by atoms with Crippen LogP contribution in [-0.4, -0.2) is 30.9 Å². The number of nitrogens with zero attached hydrogens (tertiary/aromatic N) is 2. The maximum Gasteiger partial charge on any atom is 0.311 e. The van der Waals surface area contributed by atoms with Crippen molar-refractivity contribution >= 4 is 17.2 Å². The maximum absolute atomic E-state index is 11.3. The average Bonchev–Trinajstić information content (AvgIpc) is 2.46. The third-order valence-electron chi connectivity index (χ3n) is 3.62. The number of nitro benzene ring substituents is 1. The molecule has 0 atom stereocenters. The van der Waals surface area contributed by atoms with Crippen molar-refractivity contribution in [2.75, 3.05) is 25.1 Å². The molecule has 20 heavy (non-hydrogen) atoms. The molecule has 1 aliphatic heterocycles. The molecule has 0 radical (unpaired) electrons. The van der Waals surface area contributed by atoms with Crippen molar-refractivity contribution in [2.24, 2.45) is 0 Å². The van der Waals surface area contributed by atoms with Gasteiger partial charge in [-0.1, -0.05) is 6.92 Å². The van der Waals surface area contributed by atoms with Gasteiger partial charge in [-0.25, -0.2) is 0 Å². The van der Waals surface area contributed by atoms with E-state index in [4.69, 9.17) is 4.74 Å². The van der Waals surface area contributed by atoms with Gasteiger partial charge in [-0.3, -0.25) is 14.9 Å². The second-order valence-corrected chi connectivity index (χ2v) is 4.79. The Morgan fingerprint density at radius 2 is 2.00 bits per heavy atom. The minimum absolute atomic E-state index is 0.0128. The fraction of sp³-hybridized carbons (Fsp3) is 0.500. The summed E-state index contributed by atoms with van der Waals surface area (Å²) in [5.41, 5.74) is 1.83. The number of benzene rings is 1. The van der Waals surface area contributed by atoms with Gasteiger partial charge in [0.05, 0.1) is 12.0 Å². The summed E-state index contributed by atoms with van der Waals surface area (Å²) in [6.45, 7) is 3.28. The first kappa shape index (κ1) is 14.3. The molecule has 0 amide bonds. The van der Waals surface area contributed by atoms with E-state index in [0.717, 1.165) is 11.3 Å². The first-order valence-corrected chi connectivity index (χ1v) is 6.68. The molecule has 2 rings (SSSR count). The van der Waals surface area contributed by atoms with Crippen LogP contribution < -0.4 is 9.64 Å². The van der Waals surface area contributed by atoms with Gasteiger partial charge in [0.15, 0.2) is 5.75 Å². The van der Waals surface area contributed by atoms with Gasteiger partial charge >= 0.3 is 5.69 Å². The number of anilines is 1. The fourth-order valence-electron chi connectivity index (χ4n) is 2.48. The zero-order chi connectivity index (χ0) is 14.7. The quantitative estimate of drug-likeness (QED) is 0.624. The Hall–Kier alpha value is -2.11. The van der Waals surface area contributed by atoms with Crippen molar-refractivity contribution in [1.82, 2.24) is 0 Å². The molecule has 0 N–H and O–H groups in total. The van der Waals surface area contributed by atoms with Gasteiger partial charge in [0.1, 0.15) is 5.78 Å². The summed E-state index contributed by atoms with van der Waals surface area (Å²) in [5.74, 6) is 0.535. The Labute approximate surface area is 117 Å². The van der Waals surface area contributed by atoms with E-state index >= 15 is 0 Å². The molecule has 0 bridgehead atoms. The second kappa shape index (κ2) is 5.90. The predicted octanol–water partition coefficient (Wildman–Crippen LogP) is 2.34. The Balaban J connectivity index is 2.41. The number of hydrogen-bond acceptors (Lipinski definition) is 5. The van der Waals surface area contributed by atoms with Gasteiger partial charge in [0.25, 0.3) is 0 Å². The molecule has 108 valence electrons. The number of nitro groups is 1. The zero-order valence-electron chi connectivity index (χ0n) is 11.7. The largest absolute Gasteiger partial charge is 0.490 e. The highest BCUT2D eigenvalue weighted by Gasteiger charge is 2.23. The third-order valence-corrected chi connectivity index (χ3v) is 3.62. The number of aryl methyl sites for hydroxylation is 1. The van der Waals surface area contributed by atoms with E-state index in [1.165, 1.54) is 7.11 Å². The normalized spacial score (nSPS) is 15.3. The van der Waals surface area contributed by atoms with Crippen LogP contribution in [0.2, 0.25) is 0 Å². The minimum atomic E-state index is -0.429. The molecular weight excluding hydrogens is 260 g/mol. The molecular formula is C14H18N2O4. The lowest BCUT2D eigenvalue weighted by molar-refractivity contribution is -0.385. The number of ether oxygens (including phenoxy) is 1. The lowest BCUT2D eigenvalue weighted by Gasteiger charge is -2.30. The van der Waals surface area contributed by atoms with Crippen LogP contribution in [0.3, 0.4) is 0 Å². The Morgan fingerprint density at radius 3 is 2.50 bits per heavy atom. The first-order valence-electron chi connectivity index (χ1n) is 6.68. The second-order valence-electron chi connectivity index (χ2n) is 4.79. The van der Waals surface area contributed by atoms with Crippen molar-refractivity contribution < 1.29 is 14.5 Å². The molecule has 0 aliphatic carbocycles. The van der Waals surface area contributed by atoms with Crippen molar-refractivity contribution in [3.05, 3.63) is 27.8 Å². The van der Waals surface area contributed by atoms with Gasteiger partial charge in [0.2, 0.25) is 0 Å². The van der Waals surface area contributed by atoms with Crippen molar-refractivity contribution in [1.29, 1.82) is 0 Å². The summed E-state index contributed by atoms with van der Waals surface area (Å²) < 4.78 is 5.12. The summed E-state index contributed by atoms with van der Waals surface area (Å²) >= 11 is 0. The number of carbonyl (C=O) groups excluding carboxylic acids is 1. The number of Topliss-reactive ketones (excluding diaryl/α,β-unsaturated/α-hetero) is 1. The highest BCUT2D eigenvalue weighted by molar-refractivity contribution is 5.81. The number of carbonyl (C=O) groups is 1. The monoisotopic (exact) mass is 278 g/mol. The standard InChI is InChI=1S/C14H18N2O4/c1-3-10-8-13(16(18)19)14(20-2)9-12(10)15-6-4-11(17)5-7-15/h8-9H,3-7H2,1-2H3. The van der Waals surface area contributed by atoms with Gasteiger partial charge in [-0.05, 0) is 12.0 Å². The maximum atomic E-state index is 11.3. The summed E-state index contributed by atoms with van der Waals surface area (Å²) in [4.78, 5) is 24.0. The molecule has 0 unspecified atom stereocenters. The average molecular weight is 278 g/mol. The number of piperidine rings is 1. The number of methoxy groups -OCH3 is 1. The summed E-state index contributed by atoms with van der Waals surface area (Å²) in [6.07, 6.45) is 1.76. The molecule has 6 nitrogen and oxygen atoms in total. The summed E-state index contributed by atoms with van der Waals surface area (Å²) in [5, 5.41) is 11.0. The first-order chi connectivity index (χ1) is 9.56. The topological polar surface area (TPSA) is 72.7 Å². The molecule has 6 heteroatoms. The highest BCUT2D eigenvalue weighted by Crippen LogP contribution is 2.36. The molecule has 1 aliphatic rings. The van der Waals surface area contributed by atoms with Crippen molar-refractivity contribution in [2.45, 2.75) is 26.2 Å². The van der Waals surface area contributed by atoms with E-state index in [-0.39, 0.29) is 17.2 Å². The van der Waals surface area contributed by atoms with Crippen LogP contribution in [0.5, 0.6) is 5.75 Å². The van der Waals surface area contributed by atoms with E-state index < -0.39 is 4.92 Å². The molecule has 1 saturated heterocycles. The number of rotatable bonds is 4. The Bertz CT molecular complexity index is 532. The summed E-state index contributed by atoms with van der Waals surface area (Å²) in [7, 11) is 1.43. The van der Waals surface area contributed by atoms with E-state index in [2.05, 4.69) is 4.90 Å². The minimum Gasteiger partial charge on any atom is -0.490 e. The van der Waals surface area contributed by atoms with Crippen LogP contribution in [0.4, 0.5) is 11.4 Å². The molecule has 0 aromatic heterocycles. The van der Waals surface area contributed by atoms with Gasteiger partial charge < -0.3 is 9.64 Å². The molecule has 0 saturated carbocycles. The van der Waals surface area contributed by atoms with E-state index in [1.807, 2.05) is 6.92 Å². The van der Waals surface area contributed by atoms with Crippen LogP contribution in [0.1, 0.15) is 25.3 Å². The van der Waals surface area contributed by atoms with E-state index in [9.17, 15) is 14.9 Å². The molecule has 1 aromatic carbocycles. The summed E-state index contributed by atoms with van der Waals surface area (Å²) in [6, 6.07) is 3.29. The molecule has 0 spiro atoms. The fourth-order valence-corrected chi connectivity index (χ4v) is 2.48. The van der Waals surface area contributed by atoms with Gasteiger partial charge in [0, 0.05) is 43.8 Å². The Kier molecular flexibility index (Phi) is 4.22. The number of hydrogen-bond donors (Lipinski definition) is 0. The van der Waals surface area contributed by atoms with Crippen molar-refractivity contribution in [3.8, 4) is 5.75 Å². The third kappa shape index (κ3) is 2.74. The number of ketones is 1. The van der Waals surface area contributed by atoms with Gasteiger partial charge in [-0.15, -0.1) is 0 Å².